The Morgan fingerprint density at radius 1 is 1.41 bits per heavy atom. The summed E-state index contributed by atoms with van der Waals surface area (Å²) < 4.78 is 0. The number of halogens is 1. The number of phenolic OH excluding ortho intramolecular Hbond substituents is 1. The van der Waals surface area contributed by atoms with Crippen LogP contribution in [0.4, 0.5) is 0 Å². The van der Waals surface area contributed by atoms with E-state index in [1.165, 1.54) is 0 Å². The fraction of sp³-hybridized carbons (Fsp3) is 0.462. The van der Waals surface area contributed by atoms with Crippen molar-refractivity contribution in [2.75, 3.05) is 12.9 Å². The van der Waals surface area contributed by atoms with Gasteiger partial charge >= 0.3 is 0 Å². The normalized spacial score (nSPS) is 10.2. The number of hydrogen-bond donors (Lipinski definition) is 1. The fourth-order valence-electron chi connectivity index (χ4n) is 1.58. The number of nitrogens with zero attached hydrogens (tertiary/aromatic N) is 1. The number of amides is 1. The Labute approximate surface area is 107 Å². The van der Waals surface area contributed by atoms with Crippen LogP contribution in [0.15, 0.2) is 24.3 Å². The molecule has 1 rings (SSSR count). The van der Waals surface area contributed by atoms with E-state index < -0.39 is 0 Å². The molecule has 3 nitrogen and oxygen atoms in total. The first-order valence-corrected chi connectivity index (χ1v) is 6.25. The zero-order valence-corrected chi connectivity index (χ0v) is 10.8. The minimum atomic E-state index is 0.110. The predicted octanol–water partition coefficient (Wildman–Crippen LogP) is 2.76. The van der Waals surface area contributed by atoms with Crippen molar-refractivity contribution in [3.8, 4) is 5.75 Å². The molecule has 0 unspecified atom stereocenters. The van der Waals surface area contributed by atoms with Gasteiger partial charge in [0, 0.05) is 25.9 Å². The lowest BCUT2D eigenvalue weighted by Gasteiger charge is -2.17. The van der Waals surface area contributed by atoms with Gasteiger partial charge in [0.2, 0.25) is 5.91 Å². The number of alkyl halides is 1. The summed E-state index contributed by atoms with van der Waals surface area (Å²) in [5.41, 5.74) is 0.929. The minimum Gasteiger partial charge on any atom is -0.508 e. The highest BCUT2D eigenvalue weighted by Gasteiger charge is 2.08. The molecular formula is C13H18ClNO2. The molecule has 0 aliphatic heterocycles. The van der Waals surface area contributed by atoms with Crippen LogP contribution in [-0.2, 0) is 11.3 Å². The highest BCUT2D eigenvalue weighted by Crippen LogP contribution is 2.13. The standard InChI is InChI=1S/C13H18ClNO2/c1-15(13(17)7-2-3-8-14)10-11-5-4-6-12(16)9-11/h4-6,9,16H,2-3,7-8,10H2,1H3. The molecule has 4 heteroatoms. The van der Waals surface area contributed by atoms with Crippen molar-refractivity contribution in [2.45, 2.75) is 25.8 Å². The third-order valence-electron chi connectivity index (χ3n) is 2.53. The Hall–Kier alpha value is -1.22. The number of benzene rings is 1. The van der Waals surface area contributed by atoms with Crippen LogP contribution in [0.5, 0.6) is 5.75 Å². The van der Waals surface area contributed by atoms with Crippen molar-refractivity contribution in [3.63, 3.8) is 0 Å². The number of rotatable bonds is 6. The molecule has 1 amide bonds. The molecule has 0 radical (unpaired) electrons. The molecule has 0 saturated carbocycles. The van der Waals surface area contributed by atoms with Crippen LogP contribution in [0.25, 0.3) is 0 Å². The van der Waals surface area contributed by atoms with Gasteiger partial charge in [-0.15, -0.1) is 11.6 Å². The van der Waals surface area contributed by atoms with Crippen LogP contribution in [-0.4, -0.2) is 28.8 Å². The van der Waals surface area contributed by atoms with Gasteiger partial charge in [0.25, 0.3) is 0 Å². The number of aromatic hydroxyl groups is 1. The average Bonchev–Trinajstić information content (AvgIpc) is 2.29. The van der Waals surface area contributed by atoms with Crippen molar-refractivity contribution in [3.05, 3.63) is 29.8 Å². The quantitative estimate of drug-likeness (QED) is 0.627. The van der Waals surface area contributed by atoms with Gasteiger partial charge in [-0.3, -0.25) is 4.79 Å². The van der Waals surface area contributed by atoms with Gasteiger partial charge in [0.15, 0.2) is 0 Å². The maximum Gasteiger partial charge on any atom is 0.222 e. The maximum atomic E-state index is 11.7. The van der Waals surface area contributed by atoms with Gasteiger partial charge in [-0.25, -0.2) is 0 Å². The molecule has 0 heterocycles. The molecule has 94 valence electrons. The second-order valence-electron chi connectivity index (χ2n) is 4.07. The molecule has 0 fully saturated rings. The Kier molecular flexibility index (Phi) is 5.84. The molecule has 0 spiro atoms. The van der Waals surface area contributed by atoms with Crippen LogP contribution in [0, 0.1) is 0 Å². The largest absolute Gasteiger partial charge is 0.508 e. The first-order chi connectivity index (χ1) is 8.13. The van der Waals surface area contributed by atoms with Gasteiger partial charge in [0.05, 0.1) is 0 Å². The zero-order valence-electron chi connectivity index (χ0n) is 10.0. The van der Waals surface area contributed by atoms with E-state index in [-0.39, 0.29) is 11.7 Å². The third kappa shape index (κ3) is 5.09. The van der Waals surface area contributed by atoms with E-state index in [0.717, 1.165) is 18.4 Å². The van der Waals surface area contributed by atoms with Crippen LogP contribution in [0.1, 0.15) is 24.8 Å². The molecule has 0 atom stereocenters. The van der Waals surface area contributed by atoms with Crippen molar-refractivity contribution >= 4 is 17.5 Å². The number of phenols is 1. The zero-order chi connectivity index (χ0) is 12.7. The van der Waals surface area contributed by atoms with Crippen molar-refractivity contribution in [2.24, 2.45) is 0 Å². The summed E-state index contributed by atoms with van der Waals surface area (Å²) in [7, 11) is 1.77. The fourth-order valence-corrected chi connectivity index (χ4v) is 1.77. The molecule has 1 aromatic rings. The molecule has 1 N–H and O–H groups in total. The molecule has 1 aromatic carbocycles. The Bertz CT molecular complexity index is 368. The Morgan fingerprint density at radius 2 is 2.18 bits per heavy atom. The van der Waals surface area contributed by atoms with E-state index in [4.69, 9.17) is 11.6 Å². The molecule has 0 aromatic heterocycles. The number of unbranched alkanes of at least 4 members (excludes halogenated alkanes) is 1. The summed E-state index contributed by atoms with van der Waals surface area (Å²) >= 11 is 5.56. The van der Waals surface area contributed by atoms with E-state index in [9.17, 15) is 9.90 Å². The third-order valence-corrected chi connectivity index (χ3v) is 2.80. The summed E-state index contributed by atoms with van der Waals surface area (Å²) in [5.74, 6) is 0.938. The van der Waals surface area contributed by atoms with E-state index in [1.807, 2.05) is 6.07 Å². The molecule has 0 aliphatic rings. The second-order valence-corrected chi connectivity index (χ2v) is 4.44. The lowest BCUT2D eigenvalue weighted by molar-refractivity contribution is -0.130. The van der Waals surface area contributed by atoms with Gasteiger partial charge < -0.3 is 10.0 Å². The molecule has 17 heavy (non-hydrogen) atoms. The summed E-state index contributed by atoms with van der Waals surface area (Å²) in [6, 6.07) is 6.95. The van der Waals surface area contributed by atoms with Gasteiger partial charge in [-0.1, -0.05) is 12.1 Å². The lowest BCUT2D eigenvalue weighted by Crippen LogP contribution is -2.25. The highest BCUT2D eigenvalue weighted by atomic mass is 35.5. The van der Waals surface area contributed by atoms with Gasteiger partial charge in [-0.2, -0.15) is 0 Å². The SMILES string of the molecule is CN(Cc1cccc(O)c1)C(=O)CCCCCl. The Balaban J connectivity index is 2.43. The van der Waals surface area contributed by atoms with E-state index in [0.29, 0.717) is 18.8 Å². The monoisotopic (exact) mass is 255 g/mol. The highest BCUT2D eigenvalue weighted by molar-refractivity contribution is 6.17. The van der Waals surface area contributed by atoms with E-state index >= 15 is 0 Å². The summed E-state index contributed by atoms with van der Waals surface area (Å²) in [5, 5.41) is 9.32. The summed E-state index contributed by atoms with van der Waals surface area (Å²) in [6.07, 6.45) is 2.22. The molecular weight excluding hydrogens is 238 g/mol. The smallest absolute Gasteiger partial charge is 0.222 e. The molecule has 0 saturated heterocycles. The molecule has 0 bridgehead atoms. The number of hydrogen-bond acceptors (Lipinski definition) is 2. The molecule has 0 aliphatic carbocycles. The minimum absolute atomic E-state index is 0.110. The van der Waals surface area contributed by atoms with Crippen molar-refractivity contribution in [1.29, 1.82) is 0 Å². The first kappa shape index (κ1) is 13.8. The van der Waals surface area contributed by atoms with E-state index in [2.05, 4.69) is 0 Å². The van der Waals surface area contributed by atoms with Crippen molar-refractivity contribution < 1.29 is 9.90 Å². The predicted molar refractivity (Wildman–Crippen MR) is 69.2 cm³/mol. The topological polar surface area (TPSA) is 40.5 Å². The van der Waals surface area contributed by atoms with E-state index in [1.54, 1.807) is 30.1 Å². The number of carbonyl (C=O) groups is 1. The van der Waals surface area contributed by atoms with Crippen molar-refractivity contribution in [1.82, 2.24) is 4.90 Å². The first-order valence-electron chi connectivity index (χ1n) is 5.71. The van der Waals surface area contributed by atoms with Crippen LogP contribution < -0.4 is 0 Å². The second kappa shape index (κ2) is 7.17. The summed E-state index contributed by atoms with van der Waals surface area (Å²) in [6.45, 7) is 0.522. The van der Waals surface area contributed by atoms with Gasteiger partial charge in [0.1, 0.15) is 5.75 Å². The van der Waals surface area contributed by atoms with Crippen LogP contribution in [0.3, 0.4) is 0 Å². The average molecular weight is 256 g/mol. The lowest BCUT2D eigenvalue weighted by atomic mass is 10.2. The summed E-state index contributed by atoms with van der Waals surface area (Å²) in [4.78, 5) is 13.4. The maximum absolute atomic E-state index is 11.7. The van der Waals surface area contributed by atoms with Crippen LogP contribution >= 0.6 is 11.6 Å². The number of carbonyl (C=O) groups excluding carboxylic acids is 1. The van der Waals surface area contributed by atoms with Gasteiger partial charge in [-0.05, 0) is 30.5 Å². The van der Waals surface area contributed by atoms with Crippen LogP contribution in [0.2, 0.25) is 0 Å². The Morgan fingerprint density at radius 3 is 2.82 bits per heavy atom.